The Morgan fingerprint density at radius 3 is 2.91 bits per heavy atom. The maximum atomic E-state index is 13.3. The number of hydrogen-bond donors (Lipinski definition) is 1. The number of carboxylic acid groups (broad SMARTS) is 1. The van der Waals surface area contributed by atoms with Gasteiger partial charge in [-0.15, -0.1) is 0 Å². The lowest BCUT2D eigenvalue weighted by Gasteiger charge is -2.15. The SMILES string of the molecule is O=C(O)CCCN1C(=O)C(Cc2cc(F)ccc2Br)SC1=S. The fraction of sp³-hybridized carbons (Fsp3) is 0.357. The van der Waals surface area contributed by atoms with Crippen LogP contribution < -0.4 is 0 Å². The van der Waals surface area contributed by atoms with Crippen LogP contribution in [-0.4, -0.2) is 38.0 Å². The molecule has 1 aliphatic heterocycles. The molecule has 0 radical (unpaired) electrons. The van der Waals surface area contributed by atoms with Gasteiger partial charge in [0.1, 0.15) is 10.1 Å². The third-order valence-electron chi connectivity index (χ3n) is 3.19. The first-order chi connectivity index (χ1) is 10.4. The Balaban J connectivity index is 2.01. The van der Waals surface area contributed by atoms with Gasteiger partial charge in [0.25, 0.3) is 0 Å². The summed E-state index contributed by atoms with van der Waals surface area (Å²) in [5, 5.41) is 8.25. The van der Waals surface area contributed by atoms with E-state index < -0.39 is 11.2 Å². The zero-order valence-corrected chi connectivity index (χ0v) is 14.6. The van der Waals surface area contributed by atoms with Crippen molar-refractivity contribution in [3.05, 3.63) is 34.1 Å². The summed E-state index contributed by atoms with van der Waals surface area (Å²) in [4.78, 5) is 24.3. The van der Waals surface area contributed by atoms with E-state index in [1.807, 2.05) is 0 Å². The van der Waals surface area contributed by atoms with Gasteiger partial charge in [0, 0.05) is 17.4 Å². The van der Waals surface area contributed by atoms with Crippen molar-refractivity contribution in [3.8, 4) is 0 Å². The minimum atomic E-state index is -0.898. The van der Waals surface area contributed by atoms with Gasteiger partial charge < -0.3 is 5.11 Å². The fourth-order valence-electron chi connectivity index (χ4n) is 2.12. The average molecular weight is 406 g/mol. The predicted octanol–water partition coefficient (Wildman–Crippen LogP) is 3.22. The summed E-state index contributed by atoms with van der Waals surface area (Å²) in [6, 6.07) is 4.35. The molecule has 1 aliphatic rings. The molecule has 118 valence electrons. The molecule has 1 aromatic carbocycles. The molecule has 1 saturated heterocycles. The van der Waals surface area contributed by atoms with Gasteiger partial charge in [-0.1, -0.05) is 39.9 Å². The number of aliphatic carboxylic acids is 1. The number of rotatable bonds is 6. The largest absolute Gasteiger partial charge is 0.481 e. The van der Waals surface area contributed by atoms with Crippen molar-refractivity contribution in [3.63, 3.8) is 0 Å². The highest BCUT2D eigenvalue weighted by Gasteiger charge is 2.36. The molecule has 0 bridgehead atoms. The lowest BCUT2D eigenvalue weighted by Crippen LogP contribution is -2.33. The van der Waals surface area contributed by atoms with Crippen LogP contribution in [0.3, 0.4) is 0 Å². The molecule has 0 saturated carbocycles. The molecule has 22 heavy (non-hydrogen) atoms. The summed E-state index contributed by atoms with van der Waals surface area (Å²) >= 11 is 9.80. The molecular weight excluding hydrogens is 393 g/mol. The van der Waals surface area contributed by atoms with E-state index in [1.165, 1.54) is 28.8 Å². The van der Waals surface area contributed by atoms with Crippen LogP contribution in [0.4, 0.5) is 4.39 Å². The first-order valence-corrected chi connectivity index (χ1v) is 8.64. The molecule has 8 heteroatoms. The molecule has 1 atom stereocenters. The smallest absolute Gasteiger partial charge is 0.303 e. The van der Waals surface area contributed by atoms with Crippen molar-refractivity contribution in [2.75, 3.05) is 6.54 Å². The molecule has 0 spiro atoms. The Labute approximate surface area is 145 Å². The lowest BCUT2D eigenvalue weighted by atomic mass is 10.1. The standard InChI is InChI=1S/C14H13BrFNO3S2/c15-10-4-3-9(16)6-8(10)7-11-13(20)17(14(21)22-11)5-1-2-12(18)19/h3-4,6,11H,1-2,5,7H2,(H,18,19). The van der Waals surface area contributed by atoms with Gasteiger partial charge in [0.15, 0.2) is 0 Å². The Morgan fingerprint density at radius 2 is 2.23 bits per heavy atom. The molecule has 0 aliphatic carbocycles. The number of carboxylic acids is 1. The van der Waals surface area contributed by atoms with E-state index in [0.717, 1.165) is 4.47 Å². The third kappa shape index (κ3) is 4.27. The number of nitrogens with zero attached hydrogens (tertiary/aromatic N) is 1. The number of hydrogen-bond acceptors (Lipinski definition) is 4. The summed E-state index contributed by atoms with van der Waals surface area (Å²) in [7, 11) is 0. The van der Waals surface area contributed by atoms with Crippen LogP contribution in [0.5, 0.6) is 0 Å². The fourth-order valence-corrected chi connectivity index (χ4v) is 4.10. The van der Waals surface area contributed by atoms with Crippen molar-refractivity contribution < 1.29 is 19.1 Å². The topological polar surface area (TPSA) is 57.6 Å². The quantitative estimate of drug-likeness (QED) is 0.736. The summed E-state index contributed by atoms with van der Waals surface area (Å²) in [6.45, 7) is 0.303. The molecule has 1 heterocycles. The number of halogens is 2. The number of carbonyl (C=O) groups is 2. The number of thioether (sulfide) groups is 1. The molecule has 1 fully saturated rings. The van der Waals surface area contributed by atoms with Gasteiger partial charge >= 0.3 is 5.97 Å². The van der Waals surface area contributed by atoms with Gasteiger partial charge in [-0.2, -0.15) is 0 Å². The molecule has 4 nitrogen and oxygen atoms in total. The second-order valence-corrected chi connectivity index (χ2v) is 7.49. The van der Waals surface area contributed by atoms with E-state index in [-0.39, 0.29) is 18.1 Å². The highest BCUT2D eigenvalue weighted by molar-refractivity contribution is 9.10. The second-order valence-electron chi connectivity index (χ2n) is 4.80. The van der Waals surface area contributed by atoms with E-state index in [4.69, 9.17) is 17.3 Å². The van der Waals surface area contributed by atoms with Crippen LogP contribution in [0.15, 0.2) is 22.7 Å². The van der Waals surface area contributed by atoms with Crippen LogP contribution in [0, 0.1) is 5.82 Å². The summed E-state index contributed by atoms with van der Waals surface area (Å²) < 4.78 is 14.5. The molecule has 1 unspecified atom stereocenters. The minimum absolute atomic E-state index is 0.00281. The van der Waals surface area contributed by atoms with E-state index in [2.05, 4.69) is 15.9 Å². The number of amides is 1. The van der Waals surface area contributed by atoms with E-state index in [9.17, 15) is 14.0 Å². The molecule has 1 aromatic rings. The number of thiocarbonyl (C=S) groups is 1. The normalized spacial score (nSPS) is 18.1. The monoisotopic (exact) mass is 405 g/mol. The highest BCUT2D eigenvalue weighted by Crippen LogP contribution is 2.32. The van der Waals surface area contributed by atoms with Crippen molar-refractivity contribution >= 4 is 56.1 Å². The summed E-state index contributed by atoms with van der Waals surface area (Å²) in [6.07, 6.45) is 0.729. The Kier molecular flexibility index (Phi) is 5.94. The molecule has 1 N–H and O–H groups in total. The van der Waals surface area contributed by atoms with Crippen LogP contribution in [-0.2, 0) is 16.0 Å². The lowest BCUT2D eigenvalue weighted by molar-refractivity contribution is -0.137. The first-order valence-electron chi connectivity index (χ1n) is 6.56. The van der Waals surface area contributed by atoms with Gasteiger partial charge in [0.05, 0.1) is 5.25 Å². The zero-order valence-electron chi connectivity index (χ0n) is 11.4. The number of benzene rings is 1. The van der Waals surface area contributed by atoms with Crippen molar-refractivity contribution in [2.45, 2.75) is 24.5 Å². The van der Waals surface area contributed by atoms with Crippen LogP contribution >= 0.6 is 39.9 Å². The minimum Gasteiger partial charge on any atom is -0.481 e. The van der Waals surface area contributed by atoms with Crippen LogP contribution in [0.25, 0.3) is 0 Å². The van der Waals surface area contributed by atoms with E-state index >= 15 is 0 Å². The predicted molar refractivity (Wildman–Crippen MR) is 90.4 cm³/mol. The van der Waals surface area contributed by atoms with Gasteiger partial charge in [-0.25, -0.2) is 4.39 Å². The van der Waals surface area contributed by atoms with Crippen molar-refractivity contribution in [2.24, 2.45) is 0 Å². The Bertz CT molecular complexity index is 626. The van der Waals surface area contributed by atoms with Crippen molar-refractivity contribution in [1.29, 1.82) is 0 Å². The summed E-state index contributed by atoms with van der Waals surface area (Å²) in [5.41, 5.74) is 0.709. The summed E-state index contributed by atoms with van der Waals surface area (Å²) in [5.74, 6) is -1.39. The van der Waals surface area contributed by atoms with Crippen molar-refractivity contribution in [1.82, 2.24) is 4.90 Å². The zero-order chi connectivity index (χ0) is 16.3. The van der Waals surface area contributed by atoms with Gasteiger partial charge in [-0.05, 0) is 36.6 Å². The van der Waals surface area contributed by atoms with Crippen LogP contribution in [0.1, 0.15) is 18.4 Å². The van der Waals surface area contributed by atoms with Crippen LogP contribution in [0.2, 0.25) is 0 Å². The molecule has 0 aromatic heterocycles. The van der Waals surface area contributed by atoms with E-state index in [1.54, 1.807) is 6.07 Å². The third-order valence-corrected chi connectivity index (χ3v) is 5.55. The molecule has 2 rings (SSSR count). The van der Waals surface area contributed by atoms with E-state index in [0.29, 0.717) is 29.3 Å². The molecule has 1 amide bonds. The van der Waals surface area contributed by atoms with Gasteiger partial charge in [-0.3, -0.25) is 14.5 Å². The highest BCUT2D eigenvalue weighted by atomic mass is 79.9. The maximum Gasteiger partial charge on any atom is 0.303 e. The first kappa shape index (κ1) is 17.4. The second kappa shape index (κ2) is 7.52. The Hall–Kier alpha value is -0.990. The van der Waals surface area contributed by atoms with Gasteiger partial charge in [0.2, 0.25) is 5.91 Å². The average Bonchev–Trinajstić information content (AvgIpc) is 2.70. The Morgan fingerprint density at radius 1 is 1.50 bits per heavy atom. The molecular formula is C14H13BrFNO3S2. The maximum absolute atomic E-state index is 13.3. The number of carbonyl (C=O) groups excluding carboxylic acids is 1.